The number of alkyl halides is 3. The van der Waals surface area contributed by atoms with Gasteiger partial charge in [-0.1, -0.05) is 19.3 Å². The minimum Gasteiger partial charge on any atom is -0.375 e. The van der Waals surface area contributed by atoms with Crippen molar-refractivity contribution in [2.75, 3.05) is 19.8 Å². The SMILES string of the molecule is O=C(CCOCC(F)(F)F)C1CCOC2(CCCCC2)C1. The van der Waals surface area contributed by atoms with Crippen LogP contribution < -0.4 is 0 Å². The van der Waals surface area contributed by atoms with Crippen molar-refractivity contribution < 1.29 is 27.4 Å². The average molecular weight is 308 g/mol. The molecule has 1 unspecified atom stereocenters. The lowest BCUT2D eigenvalue weighted by molar-refractivity contribution is -0.175. The quantitative estimate of drug-likeness (QED) is 0.727. The lowest BCUT2D eigenvalue weighted by Crippen LogP contribution is -2.43. The van der Waals surface area contributed by atoms with Gasteiger partial charge in [0.05, 0.1) is 12.2 Å². The predicted molar refractivity (Wildman–Crippen MR) is 71.0 cm³/mol. The van der Waals surface area contributed by atoms with Crippen LogP contribution in [0, 0.1) is 5.92 Å². The highest BCUT2D eigenvalue weighted by Gasteiger charge is 2.40. The van der Waals surface area contributed by atoms with Crippen molar-refractivity contribution in [3.05, 3.63) is 0 Å². The van der Waals surface area contributed by atoms with E-state index >= 15 is 0 Å². The highest BCUT2D eigenvalue weighted by molar-refractivity contribution is 5.81. The van der Waals surface area contributed by atoms with Gasteiger partial charge in [0.2, 0.25) is 0 Å². The molecular formula is C15H23F3O3. The van der Waals surface area contributed by atoms with Crippen LogP contribution in [0.3, 0.4) is 0 Å². The Morgan fingerprint density at radius 3 is 2.62 bits per heavy atom. The van der Waals surface area contributed by atoms with E-state index < -0.39 is 12.8 Å². The molecule has 0 radical (unpaired) electrons. The van der Waals surface area contributed by atoms with E-state index in [0.717, 1.165) is 32.1 Å². The molecule has 1 atom stereocenters. The Bertz CT molecular complexity index is 343. The van der Waals surface area contributed by atoms with Gasteiger partial charge in [0, 0.05) is 18.9 Å². The van der Waals surface area contributed by atoms with Gasteiger partial charge in [0.1, 0.15) is 12.4 Å². The van der Waals surface area contributed by atoms with Crippen LogP contribution >= 0.6 is 0 Å². The zero-order valence-electron chi connectivity index (χ0n) is 12.2. The maximum Gasteiger partial charge on any atom is 0.411 e. The predicted octanol–water partition coefficient (Wildman–Crippen LogP) is 3.65. The summed E-state index contributed by atoms with van der Waals surface area (Å²) in [5.41, 5.74) is -0.149. The van der Waals surface area contributed by atoms with Crippen LogP contribution in [-0.4, -0.2) is 37.4 Å². The molecule has 1 aliphatic carbocycles. The summed E-state index contributed by atoms with van der Waals surface area (Å²) in [6, 6.07) is 0. The van der Waals surface area contributed by atoms with E-state index in [-0.39, 0.29) is 30.3 Å². The summed E-state index contributed by atoms with van der Waals surface area (Å²) < 4.78 is 46.3. The summed E-state index contributed by atoms with van der Waals surface area (Å²) in [6.45, 7) is -0.847. The standard InChI is InChI=1S/C15H23F3O3/c16-15(17,18)11-20-8-5-13(19)12-4-9-21-14(10-12)6-2-1-3-7-14/h12H,1-11H2. The fourth-order valence-electron chi connectivity index (χ4n) is 3.41. The first-order valence-corrected chi connectivity index (χ1v) is 7.71. The average Bonchev–Trinajstić information content (AvgIpc) is 2.43. The molecule has 0 aromatic heterocycles. The van der Waals surface area contributed by atoms with E-state index in [2.05, 4.69) is 4.74 Å². The van der Waals surface area contributed by atoms with Crippen molar-refractivity contribution in [1.82, 2.24) is 0 Å². The second-order valence-corrected chi connectivity index (χ2v) is 6.17. The zero-order valence-corrected chi connectivity index (χ0v) is 12.2. The van der Waals surface area contributed by atoms with E-state index in [9.17, 15) is 18.0 Å². The second-order valence-electron chi connectivity index (χ2n) is 6.17. The molecule has 122 valence electrons. The van der Waals surface area contributed by atoms with Crippen LogP contribution in [0.25, 0.3) is 0 Å². The molecule has 2 fully saturated rings. The molecule has 1 spiro atoms. The van der Waals surface area contributed by atoms with Gasteiger partial charge in [-0.15, -0.1) is 0 Å². The van der Waals surface area contributed by atoms with Gasteiger partial charge in [-0.25, -0.2) is 0 Å². The van der Waals surface area contributed by atoms with Gasteiger partial charge in [-0.2, -0.15) is 13.2 Å². The van der Waals surface area contributed by atoms with Crippen molar-refractivity contribution in [1.29, 1.82) is 0 Å². The number of carbonyl (C=O) groups is 1. The molecule has 1 heterocycles. The first kappa shape index (κ1) is 16.7. The maximum absolute atomic E-state index is 12.1. The van der Waals surface area contributed by atoms with Crippen LogP contribution in [0.15, 0.2) is 0 Å². The Morgan fingerprint density at radius 1 is 1.24 bits per heavy atom. The summed E-state index contributed by atoms with van der Waals surface area (Å²) in [7, 11) is 0. The third kappa shape index (κ3) is 5.25. The summed E-state index contributed by atoms with van der Waals surface area (Å²) in [6.07, 6.45) is 2.64. The van der Waals surface area contributed by atoms with E-state index in [1.807, 2.05) is 0 Å². The third-order valence-corrected chi connectivity index (χ3v) is 4.47. The Labute approximate surface area is 123 Å². The lowest BCUT2D eigenvalue weighted by Gasteiger charge is -2.43. The minimum absolute atomic E-state index is 0.0189. The van der Waals surface area contributed by atoms with Crippen molar-refractivity contribution in [2.24, 2.45) is 5.92 Å². The van der Waals surface area contributed by atoms with Crippen LogP contribution in [0.1, 0.15) is 51.4 Å². The highest BCUT2D eigenvalue weighted by Crippen LogP contribution is 2.41. The molecule has 3 nitrogen and oxygen atoms in total. The Morgan fingerprint density at radius 2 is 1.95 bits per heavy atom. The highest BCUT2D eigenvalue weighted by atomic mass is 19.4. The Hall–Kier alpha value is -0.620. The maximum atomic E-state index is 12.1. The summed E-state index contributed by atoms with van der Waals surface area (Å²) in [4.78, 5) is 12.1. The lowest BCUT2D eigenvalue weighted by atomic mass is 9.75. The van der Waals surface area contributed by atoms with Gasteiger partial charge >= 0.3 is 6.18 Å². The van der Waals surface area contributed by atoms with E-state index in [4.69, 9.17) is 4.74 Å². The smallest absolute Gasteiger partial charge is 0.375 e. The molecule has 2 aliphatic rings. The molecule has 21 heavy (non-hydrogen) atoms. The fourth-order valence-corrected chi connectivity index (χ4v) is 3.41. The number of Topliss-reactive ketones (excluding diaryl/α,β-unsaturated/α-hetero) is 1. The molecule has 2 rings (SSSR count). The monoisotopic (exact) mass is 308 g/mol. The molecule has 6 heteroatoms. The summed E-state index contributed by atoms with van der Waals surface area (Å²) in [5.74, 6) is -0.0586. The van der Waals surface area contributed by atoms with Crippen molar-refractivity contribution in [3.8, 4) is 0 Å². The first-order valence-electron chi connectivity index (χ1n) is 7.71. The van der Waals surface area contributed by atoms with E-state index in [1.54, 1.807) is 0 Å². The van der Waals surface area contributed by atoms with Crippen molar-refractivity contribution in [2.45, 2.75) is 63.1 Å². The molecular weight excluding hydrogens is 285 g/mol. The van der Waals surface area contributed by atoms with Gasteiger partial charge in [-0.3, -0.25) is 4.79 Å². The molecule has 1 aliphatic heterocycles. The van der Waals surface area contributed by atoms with E-state index in [1.165, 1.54) is 6.42 Å². The largest absolute Gasteiger partial charge is 0.411 e. The minimum atomic E-state index is -4.33. The van der Waals surface area contributed by atoms with Gasteiger partial charge in [-0.05, 0) is 25.7 Å². The summed E-state index contributed by atoms with van der Waals surface area (Å²) >= 11 is 0. The molecule has 0 aromatic rings. The third-order valence-electron chi connectivity index (χ3n) is 4.47. The van der Waals surface area contributed by atoms with Crippen LogP contribution in [0.4, 0.5) is 13.2 Å². The normalized spacial score (nSPS) is 26.0. The first-order chi connectivity index (χ1) is 9.90. The zero-order chi connectivity index (χ0) is 15.3. The number of carbonyl (C=O) groups excluding carboxylic acids is 1. The van der Waals surface area contributed by atoms with E-state index in [0.29, 0.717) is 13.0 Å². The van der Waals surface area contributed by atoms with Crippen LogP contribution in [0.2, 0.25) is 0 Å². The van der Waals surface area contributed by atoms with Gasteiger partial charge in [0.25, 0.3) is 0 Å². The Balaban J connectivity index is 1.74. The van der Waals surface area contributed by atoms with Crippen molar-refractivity contribution in [3.63, 3.8) is 0 Å². The topological polar surface area (TPSA) is 35.5 Å². The number of hydrogen-bond acceptors (Lipinski definition) is 3. The molecule has 0 N–H and O–H groups in total. The van der Waals surface area contributed by atoms with Crippen LogP contribution in [0.5, 0.6) is 0 Å². The molecule has 0 aromatic carbocycles. The number of halogens is 3. The number of ketones is 1. The van der Waals surface area contributed by atoms with Crippen molar-refractivity contribution >= 4 is 5.78 Å². The second kappa shape index (κ2) is 7.09. The molecule has 1 saturated carbocycles. The molecule has 0 amide bonds. The van der Waals surface area contributed by atoms with Gasteiger partial charge in [0.15, 0.2) is 0 Å². The van der Waals surface area contributed by atoms with Crippen LogP contribution in [-0.2, 0) is 14.3 Å². The number of rotatable bonds is 5. The molecule has 1 saturated heterocycles. The molecule has 0 bridgehead atoms. The number of hydrogen-bond donors (Lipinski definition) is 0. The van der Waals surface area contributed by atoms with Gasteiger partial charge < -0.3 is 9.47 Å². The summed E-state index contributed by atoms with van der Waals surface area (Å²) in [5, 5.41) is 0. The number of ether oxygens (including phenoxy) is 2. The fraction of sp³-hybridized carbons (Fsp3) is 0.933. The Kier molecular flexibility index (Phi) is 5.66.